The van der Waals surface area contributed by atoms with Gasteiger partial charge >= 0.3 is 0 Å². The fraction of sp³-hybridized carbons (Fsp3) is 0.133. The number of nitrogens with two attached hydrogens (primary N) is 1. The first-order valence-electron chi connectivity index (χ1n) is 6.16. The molecule has 0 aliphatic rings. The first-order chi connectivity index (χ1) is 9.63. The molecule has 0 spiro atoms. The highest BCUT2D eigenvalue weighted by Crippen LogP contribution is 2.25. The largest absolute Gasteiger partial charge is 0.324 e. The van der Waals surface area contributed by atoms with Gasteiger partial charge in [-0.3, -0.25) is 4.98 Å². The zero-order chi connectivity index (χ0) is 14.1. The minimum absolute atomic E-state index is 0.147. The Morgan fingerprint density at radius 1 is 1.30 bits per heavy atom. The van der Waals surface area contributed by atoms with Gasteiger partial charge in [-0.25, -0.2) is 4.39 Å². The van der Waals surface area contributed by atoms with Crippen LogP contribution < -0.4 is 5.73 Å². The molecule has 3 aromatic rings. The van der Waals surface area contributed by atoms with Crippen molar-refractivity contribution in [2.24, 2.45) is 5.73 Å². The number of aromatic nitrogens is 1. The van der Waals surface area contributed by atoms with E-state index in [1.807, 2.05) is 17.6 Å². The van der Waals surface area contributed by atoms with Crippen LogP contribution in [-0.4, -0.2) is 4.98 Å². The van der Waals surface area contributed by atoms with Crippen LogP contribution in [0.2, 0.25) is 0 Å². The molecule has 0 aliphatic carbocycles. The van der Waals surface area contributed by atoms with Gasteiger partial charge in [0.2, 0.25) is 0 Å². The predicted octanol–water partition coefficient (Wildman–Crippen LogP) is 4.44. The van der Waals surface area contributed by atoms with Gasteiger partial charge in [0.15, 0.2) is 0 Å². The molecule has 2 nitrogen and oxygen atoms in total. The van der Waals surface area contributed by atoms with Crippen LogP contribution in [0.15, 0.2) is 46.4 Å². The molecule has 0 fully saturated rings. The summed E-state index contributed by atoms with van der Waals surface area (Å²) in [6.07, 6.45) is 2.47. The second-order valence-electron chi connectivity index (χ2n) is 4.63. The Balaban J connectivity index is 1.84. The van der Waals surface area contributed by atoms with Gasteiger partial charge < -0.3 is 5.73 Å². The number of benzene rings is 1. The molecule has 1 unspecified atom stereocenters. The summed E-state index contributed by atoms with van der Waals surface area (Å²) >= 11 is 4.85. The quantitative estimate of drug-likeness (QED) is 0.758. The van der Waals surface area contributed by atoms with Gasteiger partial charge in [0.25, 0.3) is 0 Å². The van der Waals surface area contributed by atoms with E-state index in [9.17, 15) is 4.39 Å². The lowest BCUT2D eigenvalue weighted by molar-refractivity contribution is 0.618. The first-order valence-corrected chi connectivity index (χ1v) is 7.83. The zero-order valence-electron chi connectivity index (χ0n) is 10.5. The van der Waals surface area contributed by atoms with Gasteiger partial charge in [0, 0.05) is 12.2 Å². The summed E-state index contributed by atoms with van der Waals surface area (Å²) in [5, 5.41) is 2.02. The van der Waals surface area contributed by atoms with Crippen LogP contribution in [0.1, 0.15) is 17.2 Å². The predicted molar refractivity (Wildman–Crippen MR) is 84.4 cm³/mol. The molecular weight excluding hydrogens is 339 g/mol. The second kappa shape index (κ2) is 5.60. The van der Waals surface area contributed by atoms with Crippen LogP contribution >= 0.6 is 27.3 Å². The monoisotopic (exact) mass is 350 g/mol. The van der Waals surface area contributed by atoms with Gasteiger partial charge in [-0.05, 0) is 63.1 Å². The normalized spacial score (nSPS) is 12.8. The van der Waals surface area contributed by atoms with Gasteiger partial charge in [-0.15, -0.1) is 11.3 Å². The summed E-state index contributed by atoms with van der Waals surface area (Å²) in [5.74, 6) is -0.260. The van der Waals surface area contributed by atoms with E-state index >= 15 is 0 Å². The van der Waals surface area contributed by atoms with Crippen molar-refractivity contribution in [1.82, 2.24) is 4.98 Å². The van der Waals surface area contributed by atoms with E-state index in [-0.39, 0.29) is 11.9 Å². The van der Waals surface area contributed by atoms with Gasteiger partial charge in [-0.1, -0.05) is 6.07 Å². The highest BCUT2D eigenvalue weighted by molar-refractivity contribution is 9.10. The van der Waals surface area contributed by atoms with Crippen LogP contribution in [0.5, 0.6) is 0 Å². The minimum atomic E-state index is -0.260. The standard InChI is InChI=1S/C15H12BrFN2S/c16-11-5-9(1-2-12(11)17)6-13(18)10-7-15-14(19-8-10)3-4-20-15/h1-5,7-8,13H,6,18H2. The number of hydrogen-bond donors (Lipinski definition) is 1. The summed E-state index contributed by atoms with van der Waals surface area (Å²) in [4.78, 5) is 4.40. The Labute approximate surface area is 128 Å². The number of fused-ring (bicyclic) bond motifs is 1. The number of rotatable bonds is 3. The molecule has 0 bridgehead atoms. The average molecular weight is 351 g/mol. The Morgan fingerprint density at radius 3 is 2.95 bits per heavy atom. The van der Waals surface area contributed by atoms with E-state index in [1.165, 1.54) is 6.07 Å². The van der Waals surface area contributed by atoms with Gasteiger partial charge in [-0.2, -0.15) is 0 Å². The lowest BCUT2D eigenvalue weighted by Crippen LogP contribution is -2.13. The van der Waals surface area contributed by atoms with E-state index in [0.29, 0.717) is 10.9 Å². The number of hydrogen-bond acceptors (Lipinski definition) is 3. The minimum Gasteiger partial charge on any atom is -0.324 e. The molecule has 0 amide bonds. The van der Waals surface area contributed by atoms with Gasteiger partial charge in [0.05, 0.1) is 14.7 Å². The van der Waals surface area contributed by atoms with Crippen molar-refractivity contribution in [2.75, 3.05) is 0 Å². The Morgan fingerprint density at radius 2 is 2.15 bits per heavy atom. The van der Waals surface area contributed by atoms with Crippen LogP contribution in [0.4, 0.5) is 4.39 Å². The van der Waals surface area contributed by atoms with Crippen molar-refractivity contribution in [3.05, 3.63) is 63.3 Å². The summed E-state index contributed by atoms with van der Waals surface area (Å²) in [7, 11) is 0. The van der Waals surface area contributed by atoms with Crippen molar-refractivity contribution < 1.29 is 4.39 Å². The molecule has 20 heavy (non-hydrogen) atoms. The van der Waals surface area contributed by atoms with Crippen molar-refractivity contribution in [3.63, 3.8) is 0 Å². The maximum Gasteiger partial charge on any atom is 0.137 e. The molecule has 1 atom stereocenters. The molecule has 3 rings (SSSR count). The Kier molecular flexibility index (Phi) is 3.83. The number of nitrogens with zero attached hydrogens (tertiary/aromatic N) is 1. The third-order valence-electron chi connectivity index (χ3n) is 3.19. The third kappa shape index (κ3) is 2.75. The molecule has 0 aliphatic heterocycles. The first kappa shape index (κ1) is 13.7. The highest BCUT2D eigenvalue weighted by Gasteiger charge is 2.10. The third-order valence-corrected chi connectivity index (χ3v) is 4.65. The summed E-state index contributed by atoms with van der Waals surface area (Å²) in [6, 6.07) is 8.91. The van der Waals surface area contributed by atoms with Crippen molar-refractivity contribution in [1.29, 1.82) is 0 Å². The van der Waals surface area contributed by atoms with E-state index in [1.54, 1.807) is 23.5 Å². The summed E-state index contributed by atoms with van der Waals surface area (Å²) < 4.78 is 14.8. The molecule has 5 heteroatoms. The maximum absolute atomic E-state index is 13.2. The van der Waals surface area contributed by atoms with Crippen LogP contribution in [0.3, 0.4) is 0 Å². The van der Waals surface area contributed by atoms with Crippen molar-refractivity contribution >= 4 is 37.5 Å². The lowest BCUT2D eigenvalue weighted by atomic mass is 10.0. The lowest BCUT2D eigenvalue weighted by Gasteiger charge is -2.12. The smallest absolute Gasteiger partial charge is 0.137 e. The van der Waals surface area contributed by atoms with E-state index in [0.717, 1.165) is 21.3 Å². The highest BCUT2D eigenvalue weighted by atomic mass is 79.9. The molecule has 2 aromatic heterocycles. The molecule has 0 radical (unpaired) electrons. The van der Waals surface area contributed by atoms with E-state index in [2.05, 4.69) is 27.0 Å². The zero-order valence-corrected chi connectivity index (χ0v) is 12.9. The molecular formula is C15H12BrFN2S. The van der Waals surface area contributed by atoms with Crippen molar-refractivity contribution in [3.8, 4) is 0 Å². The average Bonchev–Trinajstić information content (AvgIpc) is 2.90. The Bertz CT molecular complexity index is 756. The molecule has 0 saturated carbocycles. The number of thiophene rings is 1. The van der Waals surface area contributed by atoms with Crippen LogP contribution in [0, 0.1) is 5.82 Å². The Hall–Kier alpha value is -1.30. The van der Waals surface area contributed by atoms with Crippen LogP contribution in [0.25, 0.3) is 10.2 Å². The van der Waals surface area contributed by atoms with Crippen LogP contribution in [-0.2, 0) is 6.42 Å². The SMILES string of the molecule is NC(Cc1ccc(F)c(Br)c1)c1cnc2ccsc2c1. The molecule has 102 valence electrons. The topological polar surface area (TPSA) is 38.9 Å². The second-order valence-corrected chi connectivity index (χ2v) is 6.43. The fourth-order valence-electron chi connectivity index (χ4n) is 2.10. The summed E-state index contributed by atoms with van der Waals surface area (Å²) in [5.41, 5.74) is 9.22. The maximum atomic E-state index is 13.2. The molecule has 2 N–H and O–H groups in total. The summed E-state index contributed by atoms with van der Waals surface area (Å²) in [6.45, 7) is 0. The number of pyridine rings is 1. The fourth-order valence-corrected chi connectivity index (χ4v) is 3.32. The number of halogens is 2. The molecule has 0 saturated heterocycles. The van der Waals surface area contributed by atoms with E-state index in [4.69, 9.17) is 5.73 Å². The van der Waals surface area contributed by atoms with E-state index < -0.39 is 0 Å². The van der Waals surface area contributed by atoms with Gasteiger partial charge in [0.1, 0.15) is 5.82 Å². The molecule has 2 heterocycles. The van der Waals surface area contributed by atoms with Crippen molar-refractivity contribution in [2.45, 2.75) is 12.5 Å². The molecule has 1 aromatic carbocycles.